The zero-order chi connectivity index (χ0) is 14.5. The van der Waals surface area contributed by atoms with E-state index in [1.165, 1.54) is 4.68 Å². The third kappa shape index (κ3) is 2.91. The first-order valence-electron chi connectivity index (χ1n) is 5.59. The molecule has 0 unspecified atom stereocenters. The van der Waals surface area contributed by atoms with Gasteiger partial charge >= 0.3 is 5.82 Å². The Labute approximate surface area is 113 Å². The van der Waals surface area contributed by atoms with E-state index in [-0.39, 0.29) is 24.7 Å². The van der Waals surface area contributed by atoms with Crippen LogP contribution in [0.15, 0.2) is 30.3 Å². The van der Waals surface area contributed by atoms with Gasteiger partial charge in [-0.15, -0.1) is 4.68 Å². The Morgan fingerprint density at radius 3 is 2.65 bits per heavy atom. The molecule has 0 atom stereocenters. The average Bonchev–Trinajstić information content (AvgIpc) is 2.83. The molecule has 2 rings (SSSR count). The molecule has 0 aliphatic rings. The van der Waals surface area contributed by atoms with Crippen molar-refractivity contribution in [1.82, 2.24) is 9.78 Å². The van der Waals surface area contributed by atoms with E-state index in [4.69, 9.17) is 4.74 Å². The molecular weight excluding hydrogens is 266 g/mol. The summed E-state index contributed by atoms with van der Waals surface area (Å²) >= 11 is 0. The smallest absolute Gasteiger partial charge is 0.393 e. The summed E-state index contributed by atoms with van der Waals surface area (Å²) in [7, 11) is 1.56. The predicted molar refractivity (Wildman–Crippen MR) is 67.7 cm³/mol. The van der Waals surface area contributed by atoms with Crippen molar-refractivity contribution in [1.29, 1.82) is 0 Å². The molecule has 1 heterocycles. The normalized spacial score (nSPS) is 10.1. The fourth-order valence-electron chi connectivity index (χ4n) is 1.64. The third-order valence-electron chi connectivity index (χ3n) is 2.58. The summed E-state index contributed by atoms with van der Waals surface area (Å²) in [5.41, 5.74) is 0.833. The van der Waals surface area contributed by atoms with E-state index >= 15 is 0 Å². The van der Waals surface area contributed by atoms with Gasteiger partial charge in [0.25, 0.3) is 6.47 Å². The molecule has 1 aromatic heterocycles. The van der Waals surface area contributed by atoms with Gasteiger partial charge in [0, 0.05) is 0 Å². The van der Waals surface area contributed by atoms with Crippen LogP contribution in [0.4, 0.5) is 5.82 Å². The van der Waals surface area contributed by atoms with E-state index in [1.54, 1.807) is 31.4 Å². The van der Waals surface area contributed by atoms with Crippen molar-refractivity contribution in [3.05, 3.63) is 46.0 Å². The van der Waals surface area contributed by atoms with Crippen LogP contribution in [0.2, 0.25) is 0 Å². The lowest BCUT2D eigenvalue weighted by Crippen LogP contribution is -2.05. The maximum Gasteiger partial charge on any atom is 0.393 e. The van der Waals surface area contributed by atoms with Crippen LogP contribution in [0.25, 0.3) is 0 Å². The van der Waals surface area contributed by atoms with Gasteiger partial charge in [0.05, 0.1) is 18.8 Å². The number of rotatable bonds is 6. The number of nitrogens with zero attached hydrogens (tertiary/aromatic N) is 3. The van der Waals surface area contributed by atoms with Crippen LogP contribution < -0.4 is 9.47 Å². The summed E-state index contributed by atoms with van der Waals surface area (Å²) < 4.78 is 11.0. The van der Waals surface area contributed by atoms with Crippen LogP contribution in [0, 0.1) is 10.1 Å². The van der Waals surface area contributed by atoms with Gasteiger partial charge in [-0.05, 0) is 22.6 Å². The first kappa shape index (κ1) is 13.5. The number of methoxy groups -OCH3 is 1. The highest BCUT2D eigenvalue weighted by atomic mass is 16.6. The van der Waals surface area contributed by atoms with Crippen molar-refractivity contribution in [2.24, 2.45) is 0 Å². The number of carbonyl (C=O) groups excluding carboxylic acids is 1. The molecule has 8 nitrogen and oxygen atoms in total. The number of ether oxygens (including phenoxy) is 2. The standard InChI is InChI=1S/C12H11N3O5/c1-19-10-4-2-9(3-5-10)7-14-12(20-8-16)6-11(13-14)15(17)18/h2-6,8H,7H2,1H3. The van der Waals surface area contributed by atoms with Gasteiger partial charge in [-0.25, -0.2) is 0 Å². The Morgan fingerprint density at radius 1 is 1.40 bits per heavy atom. The van der Waals surface area contributed by atoms with Crippen LogP contribution in [0.5, 0.6) is 11.6 Å². The van der Waals surface area contributed by atoms with Crippen molar-refractivity contribution >= 4 is 12.3 Å². The summed E-state index contributed by atoms with van der Waals surface area (Å²) in [6.45, 7) is 0.437. The lowest BCUT2D eigenvalue weighted by atomic mass is 10.2. The van der Waals surface area contributed by atoms with Crippen LogP contribution >= 0.6 is 0 Å². The van der Waals surface area contributed by atoms with Gasteiger partial charge in [0.2, 0.25) is 5.88 Å². The molecule has 0 radical (unpaired) electrons. The minimum Gasteiger partial charge on any atom is -0.497 e. The van der Waals surface area contributed by atoms with Crippen molar-refractivity contribution < 1.29 is 19.2 Å². The van der Waals surface area contributed by atoms with Crippen LogP contribution in [-0.4, -0.2) is 28.3 Å². The highest BCUT2D eigenvalue weighted by molar-refractivity contribution is 5.44. The highest BCUT2D eigenvalue weighted by Crippen LogP contribution is 2.21. The molecule has 0 saturated heterocycles. The monoisotopic (exact) mass is 277 g/mol. The predicted octanol–water partition coefficient (Wildman–Crippen LogP) is 1.38. The molecule has 0 spiro atoms. The molecule has 0 bridgehead atoms. The summed E-state index contributed by atoms with van der Waals surface area (Å²) in [4.78, 5) is 20.4. The summed E-state index contributed by atoms with van der Waals surface area (Å²) in [5.74, 6) is 0.336. The van der Waals surface area contributed by atoms with Crippen molar-refractivity contribution in [3.8, 4) is 11.6 Å². The zero-order valence-corrected chi connectivity index (χ0v) is 10.6. The third-order valence-corrected chi connectivity index (χ3v) is 2.58. The Kier molecular flexibility index (Phi) is 3.94. The van der Waals surface area contributed by atoms with E-state index < -0.39 is 4.92 Å². The Bertz CT molecular complexity index is 621. The highest BCUT2D eigenvalue weighted by Gasteiger charge is 2.19. The first-order valence-corrected chi connectivity index (χ1v) is 5.59. The summed E-state index contributed by atoms with van der Waals surface area (Å²) in [5, 5.41) is 14.4. The number of hydrogen-bond donors (Lipinski definition) is 0. The number of carbonyl (C=O) groups is 1. The minimum atomic E-state index is -0.651. The molecule has 8 heteroatoms. The molecular formula is C12H11N3O5. The maximum atomic E-state index is 10.7. The van der Waals surface area contributed by atoms with Gasteiger partial charge in [-0.1, -0.05) is 12.1 Å². The molecule has 2 aromatic rings. The maximum absolute atomic E-state index is 10.7. The van der Waals surface area contributed by atoms with Gasteiger partial charge in [-0.2, -0.15) is 0 Å². The molecule has 0 fully saturated rings. The lowest BCUT2D eigenvalue weighted by Gasteiger charge is -2.03. The lowest BCUT2D eigenvalue weighted by molar-refractivity contribution is -0.389. The molecule has 0 N–H and O–H groups in total. The first-order chi connectivity index (χ1) is 9.63. The molecule has 1 aromatic carbocycles. The van der Waals surface area contributed by atoms with Crippen molar-refractivity contribution in [2.45, 2.75) is 6.54 Å². The zero-order valence-electron chi connectivity index (χ0n) is 10.6. The number of hydrogen-bond acceptors (Lipinski definition) is 6. The Balaban J connectivity index is 2.26. The van der Waals surface area contributed by atoms with Crippen LogP contribution in [0.3, 0.4) is 0 Å². The number of aromatic nitrogens is 2. The van der Waals surface area contributed by atoms with E-state index in [0.29, 0.717) is 5.75 Å². The Morgan fingerprint density at radius 2 is 2.10 bits per heavy atom. The fourth-order valence-corrected chi connectivity index (χ4v) is 1.64. The second kappa shape index (κ2) is 5.83. The molecule has 0 aliphatic heterocycles. The largest absolute Gasteiger partial charge is 0.497 e. The molecule has 0 amide bonds. The van der Waals surface area contributed by atoms with E-state index in [1.807, 2.05) is 0 Å². The molecule has 0 aliphatic carbocycles. The number of benzene rings is 1. The molecule has 20 heavy (non-hydrogen) atoms. The van der Waals surface area contributed by atoms with Gasteiger partial charge in [0.15, 0.2) is 0 Å². The van der Waals surface area contributed by atoms with E-state index in [2.05, 4.69) is 9.84 Å². The van der Waals surface area contributed by atoms with Crippen LogP contribution in [-0.2, 0) is 11.3 Å². The van der Waals surface area contributed by atoms with E-state index in [0.717, 1.165) is 11.6 Å². The topological polar surface area (TPSA) is 96.5 Å². The minimum absolute atomic E-state index is 0.0162. The van der Waals surface area contributed by atoms with Crippen LogP contribution in [0.1, 0.15) is 5.56 Å². The van der Waals surface area contributed by atoms with Gasteiger partial charge in [0.1, 0.15) is 11.8 Å². The summed E-state index contributed by atoms with van der Waals surface area (Å²) in [6.07, 6.45) is 0. The Hall–Kier alpha value is -2.90. The molecule has 0 saturated carbocycles. The second-order valence-corrected chi connectivity index (χ2v) is 3.82. The van der Waals surface area contributed by atoms with Gasteiger partial charge in [-0.3, -0.25) is 4.79 Å². The quantitative estimate of drug-likeness (QED) is 0.449. The SMILES string of the molecule is COc1ccc(Cn2nc([N+](=O)[O-])cc2OC=O)cc1. The number of nitro groups is 1. The second-order valence-electron chi connectivity index (χ2n) is 3.82. The fraction of sp³-hybridized carbons (Fsp3) is 0.167. The van der Waals surface area contributed by atoms with Crippen molar-refractivity contribution in [2.75, 3.05) is 7.11 Å². The summed E-state index contributed by atoms with van der Waals surface area (Å²) in [6, 6.07) is 8.19. The van der Waals surface area contributed by atoms with Crippen molar-refractivity contribution in [3.63, 3.8) is 0 Å². The molecule has 104 valence electrons. The van der Waals surface area contributed by atoms with E-state index in [9.17, 15) is 14.9 Å². The average molecular weight is 277 g/mol. The van der Waals surface area contributed by atoms with Gasteiger partial charge < -0.3 is 19.6 Å².